The predicted molar refractivity (Wildman–Crippen MR) is 111 cm³/mol. The quantitative estimate of drug-likeness (QED) is 0.498. The lowest BCUT2D eigenvalue weighted by Crippen LogP contribution is -2.38. The van der Waals surface area contributed by atoms with Gasteiger partial charge >= 0.3 is 0 Å². The molecule has 6 nitrogen and oxygen atoms in total. The molecule has 0 aromatic heterocycles. The van der Waals surface area contributed by atoms with Gasteiger partial charge in [0.05, 0.1) is 6.54 Å². The minimum atomic E-state index is -0.174. The number of nitrogens with zero attached hydrogens (tertiary/aromatic N) is 2. The third kappa shape index (κ3) is 6.40. The Morgan fingerprint density at radius 1 is 0.964 bits per heavy atom. The maximum atomic E-state index is 12.4. The molecule has 0 atom stereocenters. The predicted octanol–water partition coefficient (Wildman–Crippen LogP) is 1.64. The maximum Gasteiger partial charge on any atom is 0.220 e. The number of nitrogens with one attached hydrogen (secondary N) is 1. The number of ketones is 1. The van der Waals surface area contributed by atoms with Gasteiger partial charge in [0, 0.05) is 31.1 Å². The fourth-order valence-electron chi connectivity index (χ4n) is 4.15. The molecule has 3 N–H and O–H groups in total. The second-order valence-corrected chi connectivity index (χ2v) is 8.15. The van der Waals surface area contributed by atoms with Gasteiger partial charge in [0.15, 0.2) is 5.78 Å². The lowest BCUT2D eigenvalue weighted by Gasteiger charge is -2.30. The van der Waals surface area contributed by atoms with Crippen molar-refractivity contribution in [1.82, 2.24) is 15.1 Å². The Balaban J connectivity index is 1.36. The van der Waals surface area contributed by atoms with Gasteiger partial charge in [-0.3, -0.25) is 14.5 Å². The van der Waals surface area contributed by atoms with Gasteiger partial charge in [-0.1, -0.05) is 30.7 Å². The van der Waals surface area contributed by atoms with Crippen molar-refractivity contribution < 1.29 is 9.59 Å². The standard InChI is InChI=1S/C22H34N4O2/c23-22(28)20-8-13-26(14-9-20)17-18-4-6-19(7-5-18)21(27)16-24-10-15-25-11-2-1-3-12-25/h4-7,20,24H,1-3,8-17H2,(H2,23,28). The van der Waals surface area contributed by atoms with E-state index in [0.29, 0.717) is 6.54 Å². The van der Waals surface area contributed by atoms with Crippen molar-refractivity contribution in [3.8, 4) is 0 Å². The summed E-state index contributed by atoms with van der Waals surface area (Å²) in [4.78, 5) is 28.4. The van der Waals surface area contributed by atoms with E-state index in [1.807, 2.05) is 24.3 Å². The zero-order valence-corrected chi connectivity index (χ0v) is 16.9. The average molecular weight is 387 g/mol. The highest BCUT2D eigenvalue weighted by atomic mass is 16.1. The Kier molecular flexibility index (Phi) is 8.01. The second kappa shape index (κ2) is 10.7. The molecule has 2 fully saturated rings. The summed E-state index contributed by atoms with van der Waals surface area (Å²) in [5.74, 6) is -0.00168. The Hall–Kier alpha value is -1.76. The van der Waals surface area contributed by atoms with Crippen molar-refractivity contribution in [2.45, 2.75) is 38.6 Å². The number of amides is 1. The van der Waals surface area contributed by atoms with Gasteiger partial charge in [-0.25, -0.2) is 0 Å². The van der Waals surface area contributed by atoms with Gasteiger partial charge in [0.1, 0.15) is 0 Å². The maximum absolute atomic E-state index is 12.4. The van der Waals surface area contributed by atoms with Crippen LogP contribution < -0.4 is 11.1 Å². The molecule has 2 saturated heterocycles. The molecular formula is C22H34N4O2. The minimum Gasteiger partial charge on any atom is -0.369 e. The topological polar surface area (TPSA) is 78.7 Å². The third-order valence-electron chi connectivity index (χ3n) is 6.01. The molecule has 0 saturated carbocycles. The van der Waals surface area contributed by atoms with E-state index in [9.17, 15) is 9.59 Å². The highest BCUT2D eigenvalue weighted by Gasteiger charge is 2.23. The molecule has 0 spiro atoms. The molecule has 2 aliphatic heterocycles. The number of primary amides is 1. The smallest absolute Gasteiger partial charge is 0.220 e. The molecule has 28 heavy (non-hydrogen) atoms. The molecule has 0 unspecified atom stereocenters. The number of nitrogens with two attached hydrogens (primary N) is 1. The lowest BCUT2D eigenvalue weighted by atomic mass is 9.96. The summed E-state index contributed by atoms with van der Waals surface area (Å²) in [5, 5.41) is 3.29. The Bertz CT molecular complexity index is 632. The number of Topliss-reactive ketones (excluding diaryl/α,β-unsaturated/α-hetero) is 1. The summed E-state index contributed by atoms with van der Waals surface area (Å²) in [6.45, 7) is 7.32. The van der Waals surface area contributed by atoms with Crippen molar-refractivity contribution in [3.05, 3.63) is 35.4 Å². The van der Waals surface area contributed by atoms with Crippen molar-refractivity contribution in [2.24, 2.45) is 11.7 Å². The van der Waals surface area contributed by atoms with Crippen LogP contribution in [0, 0.1) is 5.92 Å². The molecular weight excluding hydrogens is 352 g/mol. The summed E-state index contributed by atoms with van der Waals surface area (Å²) < 4.78 is 0. The summed E-state index contributed by atoms with van der Waals surface area (Å²) >= 11 is 0. The molecule has 154 valence electrons. The van der Waals surface area contributed by atoms with Crippen LogP contribution in [0.1, 0.15) is 48.0 Å². The normalized spacial score (nSPS) is 19.6. The second-order valence-electron chi connectivity index (χ2n) is 8.15. The first kappa shape index (κ1) is 21.0. The van der Waals surface area contributed by atoms with E-state index in [4.69, 9.17) is 5.73 Å². The molecule has 1 aromatic carbocycles. The number of carbonyl (C=O) groups is 2. The number of hydrogen-bond donors (Lipinski definition) is 2. The number of likely N-dealkylation sites (tertiary alicyclic amines) is 2. The van der Waals surface area contributed by atoms with Gasteiger partial charge in [-0.15, -0.1) is 0 Å². The molecule has 0 aliphatic carbocycles. The fraction of sp³-hybridized carbons (Fsp3) is 0.636. The average Bonchev–Trinajstić information content (AvgIpc) is 2.73. The van der Waals surface area contributed by atoms with Gasteiger partial charge in [-0.05, 0) is 57.4 Å². The van der Waals surface area contributed by atoms with Crippen LogP contribution in [-0.4, -0.2) is 67.3 Å². The van der Waals surface area contributed by atoms with Crippen LogP contribution in [0.25, 0.3) is 0 Å². The summed E-state index contributed by atoms with van der Waals surface area (Å²) in [5.41, 5.74) is 7.36. The van der Waals surface area contributed by atoms with E-state index in [1.165, 1.54) is 37.9 Å². The Morgan fingerprint density at radius 2 is 1.64 bits per heavy atom. The fourth-order valence-corrected chi connectivity index (χ4v) is 4.15. The van der Waals surface area contributed by atoms with E-state index in [0.717, 1.165) is 51.1 Å². The van der Waals surface area contributed by atoms with Gasteiger partial charge in [0.2, 0.25) is 5.91 Å². The number of rotatable bonds is 9. The zero-order chi connectivity index (χ0) is 19.8. The van der Waals surface area contributed by atoms with Crippen molar-refractivity contribution >= 4 is 11.7 Å². The van der Waals surface area contributed by atoms with Crippen molar-refractivity contribution in [2.75, 3.05) is 45.8 Å². The Labute approximate surface area is 168 Å². The molecule has 2 aliphatic rings. The first-order valence-electron chi connectivity index (χ1n) is 10.7. The number of carbonyl (C=O) groups excluding carboxylic acids is 2. The van der Waals surface area contributed by atoms with E-state index in [1.54, 1.807) is 0 Å². The molecule has 2 heterocycles. The number of benzene rings is 1. The molecule has 3 rings (SSSR count). The van der Waals surface area contributed by atoms with Crippen LogP contribution in [0.2, 0.25) is 0 Å². The SMILES string of the molecule is NC(=O)C1CCN(Cc2ccc(C(=O)CNCCN3CCCCC3)cc2)CC1. The highest BCUT2D eigenvalue weighted by molar-refractivity contribution is 5.97. The van der Waals surface area contributed by atoms with Gasteiger partial charge in [-0.2, -0.15) is 0 Å². The number of hydrogen-bond acceptors (Lipinski definition) is 5. The van der Waals surface area contributed by atoms with Gasteiger partial charge in [0.25, 0.3) is 0 Å². The van der Waals surface area contributed by atoms with Crippen molar-refractivity contribution in [3.63, 3.8) is 0 Å². The summed E-state index contributed by atoms with van der Waals surface area (Å²) in [7, 11) is 0. The molecule has 6 heteroatoms. The zero-order valence-electron chi connectivity index (χ0n) is 16.9. The van der Waals surface area contributed by atoms with Crippen LogP contribution in [-0.2, 0) is 11.3 Å². The first-order valence-corrected chi connectivity index (χ1v) is 10.7. The molecule has 1 aromatic rings. The third-order valence-corrected chi connectivity index (χ3v) is 6.01. The summed E-state index contributed by atoms with van der Waals surface area (Å²) in [6.07, 6.45) is 5.64. The molecule has 0 bridgehead atoms. The van der Waals surface area contributed by atoms with Gasteiger partial charge < -0.3 is 16.0 Å². The van der Waals surface area contributed by atoms with Crippen LogP contribution in [0.15, 0.2) is 24.3 Å². The van der Waals surface area contributed by atoms with E-state index in [2.05, 4.69) is 15.1 Å². The van der Waals surface area contributed by atoms with E-state index in [-0.39, 0.29) is 17.6 Å². The van der Waals surface area contributed by atoms with E-state index >= 15 is 0 Å². The van der Waals surface area contributed by atoms with Crippen LogP contribution in [0.5, 0.6) is 0 Å². The van der Waals surface area contributed by atoms with Crippen LogP contribution in [0.4, 0.5) is 0 Å². The van der Waals surface area contributed by atoms with Crippen LogP contribution in [0.3, 0.4) is 0 Å². The van der Waals surface area contributed by atoms with Crippen molar-refractivity contribution in [1.29, 1.82) is 0 Å². The molecule has 0 radical (unpaired) electrons. The lowest BCUT2D eigenvalue weighted by molar-refractivity contribution is -0.123. The summed E-state index contributed by atoms with van der Waals surface area (Å²) in [6, 6.07) is 7.95. The highest BCUT2D eigenvalue weighted by Crippen LogP contribution is 2.19. The monoisotopic (exact) mass is 386 g/mol. The minimum absolute atomic E-state index is 0.0265. The largest absolute Gasteiger partial charge is 0.369 e. The first-order chi connectivity index (χ1) is 13.6. The van der Waals surface area contributed by atoms with E-state index < -0.39 is 0 Å². The Morgan fingerprint density at radius 3 is 2.29 bits per heavy atom. The van der Waals surface area contributed by atoms with Crippen LogP contribution >= 0.6 is 0 Å². The molecule has 1 amide bonds. The number of piperidine rings is 2.